The van der Waals surface area contributed by atoms with Crippen LogP contribution < -0.4 is 4.89 Å². The zero-order chi connectivity index (χ0) is 11.0. The normalized spacial score (nSPS) is 13.1. The van der Waals surface area contributed by atoms with Crippen LogP contribution in [0.25, 0.3) is 0 Å². The van der Waals surface area contributed by atoms with Crippen LogP contribution in [0.15, 0.2) is 12.1 Å². The van der Waals surface area contributed by atoms with Gasteiger partial charge in [0.2, 0.25) is 0 Å². The van der Waals surface area contributed by atoms with Crippen molar-refractivity contribution >= 4 is 11.5 Å². The van der Waals surface area contributed by atoms with Crippen molar-refractivity contribution in [2.45, 2.75) is 13.5 Å². The molecule has 0 N–H and O–H groups in total. The highest BCUT2D eigenvalue weighted by molar-refractivity contribution is 5.98. The Labute approximate surface area is 84.5 Å². The number of fused-ring (bicyclic) bond motifs is 1. The van der Waals surface area contributed by atoms with Gasteiger partial charge in [0.05, 0.1) is 10.5 Å². The molecule has 0 aliphatic carbocycles. The van der Waals surface area contributed by atoms with E-state index in [9.17, 15) is 14.9 Å². The summed E-state index contributed by atoms with van der Waals surface area (Å²) in [6.07, 6.45) is 0. The molecule has 0 aromatic heterocycles. The first-order chi connectivity index (χ1) is 7.09. The molecule has 0 atom stereocenters. The van der Waals surface area contributed by atoms with Crippen molar-refractivity contribution in [2.75, 3.05) is 0 Å². The van der Waals surface area contributed by atoms with Gasteiger partial charge in [-0.2, -0.15) is 4.89 Å². The first-order valence-corrected chi connectivity index (χ1v) is 4.21. The third kappa shape index (κ3) is 1.55. The Morgan fingerprint density at radius 1 is 1.53 bits per heavy atom. The number of carbonyl (C=O) groups is 1. The number of nitro benzene ring substituents is 1. The number of nitrogens with zero attached hydrogens (tertiary/aromatic N) is 1. The maximum Gasteiger partial charge on any atom is 0.280 e. The van der Waals surface area contributed by atoms with Crippen LogP contribution in [-0.4, -0.2) is 10.7 Å². The molecule has 15 heavy (non-hydrogen) atoms. The molecular formula is C9H7NO5. The summed E-state index contributed by atoms with van der Waals surface area (Å²) in [6.45, 7) is 1.43. The van der Waals surface area contributed by atoms with Crippen LogP contribution in [-0.2, 0) is 11.5 Å². The summed E-state index contributed by atoms with van der Waals surface area (Å²) in [5.41, 5.74) is 0.395. The summed E-state index contributed by atoms with van der Waals surface area (Å²) in [5.74, 6) is -0.00852. The summed E-state index contributed by atoms with van der Waals surface area (Å²) < 4.78 is 0. The molecule has 0 saturated heterocycles. The van der Waals surface area contributed by atoms with E-state index in [1.807, 2.05) is 0 Å². The molecule has 78 valence electrons. The highest BCUT2D eigenvalue weighted by Gasteiger charge is 2.25. The molecule has 6 heteroatoms. The van der Waals surface area contributed by atoms with E-state index in [4.69, 9.17) is 4.89 Å². The van der Waals surface area contributed by atoms with Gasteiger partial charge >= 0.3 is 0 Å². The molecule has 1 aliphatic heterocycles. The first-order valence-electron chi connectivity index (χ1n) is 4.21. The van der Waals surface area contributed by atoms with Gasteiger partial charge in [0.25, 0.3) is 5.69 Å². The topological polar surface area (TPSA) is 78.7 Å². The van der Waals surface area contributed by atoms with Crippen molar-refractivity contribution in [3.8, 4) is 5.75 Å². The fourth-order valence-electron chi connectivity index (χ4n) is 1.39. The quantitative estimate of drug-likeness (QED) is 0.320. The van der Waals surface area contributed by atoms with E-state index in [0.29, 0.717) is 11.3 Å². The van der Waals surface area contributed by atoms with E-state index in [1.54, 1.807) is 0 Å². The Morgan fingerprint density at radius 3 is 2.87 bits per heavy atom. The van der Waals surface area contributed by atoms with E-state index in [-0.39, 0.29) is 23.6 Å². The monoisotopic (exact) mass is 209 g/mol. The summed E-state index contributed by atoms with van der Waals surface area (Å²) in [6, 6.07) is 2.64. The van der Waals surface area contributed by atoms with Gasteiger partial charge in [0.1, 0.15) is 6.61 Å². The van der Waals surface area contributed by atoms with Crippen LogP contribution in [0.3, 0.4) is 0 Å². The number of rotatable bonds is 2. The third-order valence-corrected chi connectivity index (χ3v) is 2.12. The molecule has 0 amide bonds. The average molecular weight is 209 g/mol. The smallest absolute Gasteiger partial charge is 0.280 e. The molecule has 1 aliphatic rings. The van der Waals surface area contributed by atoms with Gasteiger partial charge in [-0.3, -0.25) is 14.9 Å². The lowest BCUT2D eigenvalue weighted by molar-refractivity contribution is -0.385. The highest BCUT2D eigenvalue weighted by atomic mass is 17.2. The standard InChI is InChI=1S/C9H7NO5/c1-5(11)7-3-9-6(4-14-15-9)2-8(7)10(12)13/h2-3H,4H2,1H3. The van der Waals surface area contributed by atoms with Gasteiger partial charge in [-0.05, 0) is 6.92 Å². The Balaban J connectivity index is 2.62. The van der Waals surface area contributed by atoms with E-state index in [1.165, 1.54) is 19.1 Å². The predicted molar refractivity (Wildman–Crippen MR) is 48.5 cm³/mol. The number of hydrogen-bond acceptors (Lipinski definition) is 5. The summed E-state index contributed by atoms with van der Waals surface area (Å²) in [5, 5.41) is 10.7. The number of Topliss-reactive ketones (excluding diaryl/α,β-unsaturated/α-hetero) is 1. The average Bonchev–Trinajstić information content (AvgIpc) is 2.61. The Morgan fingerprint density at radius 2 is 2.27 bits per heavy atom. The minimum Gasteiger partial charge on any atom is -0.337 e. The van der Waals surface area contributed by atoms with Gasteiger partial charge in [0.15, 0.2) is 11.5 Å². The van der Waals surface area contributed by atoms with Crippen molar-refractivity contribution in [3.63, 3.8) is 0 Å². The van der Waals surface area contributed by atoms with Gasteiger partial charge in [-0.15, -0.1) is 0 Å². The van der Waals surface area contributed by atoms with E-state index < -0.39 is 4.92 Å². The van der Waals surface area contributed by atoms with Crippen molar-refractivity contribution < 1.29 is 19.5 Å². The lowest BCUT2D eigenvalue weighted by Gasteiger charge is -2.00. The molecule has 6 nitrogen and oxygen atoms in total. The van der Waals surface area contributed by atoms with E-state index in [2.05, 4.69) is 4.89 Å². The summed E-state index contributed by atoms with van der Waals surface area (Å²) >= 11 is 0. The largest absolute Gasteiger partial charge is 0.337 e. The highest BCUT2D eigenvalue weighted by Crippen LogP contribution is 2.33. The molecule has 1 aromatic rings. The molecule has 2 rings (SSSR count). The van der Waals surface area contributed by atoms with Gasteiger partial charge in [-0.25, -0.2) is 0 Å². The maximum atomic E-state index is 11.2. The van der Waals surface area contributed by atoms with Crippen LogP contribution in [0, 0.1) is 10.1 Å². The molecule has 0 radical (unpaired) electrons. The van der Waals surface area contributed by atoms with Gasteiger partial charge in [-0.1, -0.05) is 0 Å². The fraction of sp³-hybridized carbons (Fsp3) is 0.222. The third-order valence-electron chi connectivity index (χ3n) is 2.12. The predicted octanol–water partition coefficient (Wildman–Crippen LogP) is 1.62. The molecule has 0 spiro atoms. The van der Waals surface area contributed by atoms with Gasteiger partial charge in [0, 0.05) is 17.7 Å². The SMILES string of the molecule is CC(=O)c1cc2c(cc1[N+](=O)[O-])COO2. The minimum atomic E-state index is -0.588. The molecule has 1 aromatic carbocycles. The lowest BCUT2D eigenvalue weighted by Crippen LogP contribution is -2.00. The van der Waals surface area contributed by atoms with Crippen LogP contribution in [0.4, 0.5) is 5.69 Å². The number of hydrogen-bond donors (Lipinski definition) is 0. The van der Waals surface area contributed by atoms with E-state index >= 15 is 0 Å². The van der Waals surface area contributed by atoms with Crippen LogP contribution in [0.2, 0.25) is 0 Å². The minimum absolute atomic E-state index is 0.0317. The fourth-order valence-corrected chi connectivity index (χ4v) is 1.39. The number of ketones is 1. The van der Waals surface area contributed by atoms with Crippen LogP contribution in [0.5, 0.6) is 5.75 Å². The molecule has 0 fully saturated rings. The number of carbonyl (C=O) groups excluding carboxylic acids is 1. The van der Waals surface area contributed by atoms with Crippen molar-refractivity contribution in [1.29, 1.82) is 0 Å². The second-order valence-corrected chi connectivity index (χ2v) is 3.14. The van der Waals surface area contributed by atoms with Crippen molar-refractivity contribution in [1.82, 2.24) is 0 Å². The van der Waals surface area contributed by atoms with Crippen LogP contribution >= 0.6 is 0 Å². The second-order valence-electron chi connectivity index (χ2n) is 3.14. The summed E-state index contributed by atoms with van der Waals surface area (Å²) in [7, 11) is 0. The number of nitro groups is 1. The Kier molecular flexibility index (Phi) is 2.12. The second kappa shape index (κ2) is 3.32. The summed E-state index contributed by atoms with van der Waals surface area (Å²) in [4.78, 5) is 30.7. The lowest BCUT2D eigenvalue weighted by atomic mass is 10.1. The van der Waals surface area contributed by atoms with Crippen LogP contribution in [0.1, 0.15) is 22.8 Å². The first kappa shape index (κ1) is 9.60. The van der Waals surface area contributed by atoms with E-state index in [0.717, 1.165) is 0 Å². The van der Waals surface area contributed by atoms with Gasteiger partial charge < -0.3 is 4.89 Å². The van der Waals surface area contributed by atoms with Crippen molar-refractivity contribution in [2.24, 2.45) is 0 Å². The molecular weight excluding hydrogens is 202 g/mol. The Hall–Kier alpha value is -1.95. The van der Waals surface area contributed by atoms with Crippen molar-refractivity contribution in [3.05, 3.63) is 33.4 Å². The maximum absolute atomic E-state index is 11.2. The molecule has 0 unspecified atom stereocenters. The number of benzene rings is 1. The Bertz CT molecular complexity index is 413. The molecule has 0 bridgehead atoms. The zero-order valence-electron chi connectivity index (χ0n) is 7.85. The molecule has 1 heterocycles. The molecule has 0 saturated carbocycles. The zero-order valence-corrected chi connectivity index (χ0v) is 7.85.